The van der Waals surface area contributed by atoms with Crippen molar-refractivity contribution in [3.8, 4) is 22.8 Å². The van der Waals surface area contributed by atoms with E-state index in [0.29, 0.717) is 18.1 Å². The zero-order valence-corrected chi connectivity index (χ0v) is 16.7. The number of anilines is 1. The molecular formula is C19H20N4O2S2. The lowest BCUT2D eigenvalue weighted by atomic mass is 10.1. The van der Waals surface area contributed by atoms with E-state index in [2.05, 4.69) is 20.6 Å². The van der Waals surface area contributed by atoms with Gasteiger partial charge < -0.3 is 20.1 Å². The third kappa shape index (κ3) is 4.93. The van der Waals surface area contributed by atoms with Gasteiger partial charge in [0, 0.05) is 35.4 Å². The van der Waals surface area contributed by atoms with Crippen LogP contribution in [0.4, 0.5) is 5.13 Å². The third-order valence-electron chi connectivity index (χ3n) is 3.87. The molecule has 6 nitrogen and oxygen atoms in total. The van der Waals surface area contributed by atoms with Crippen molar-refractivity contribution in [3.05, 3.63) is 53.7 Å². The van der Waals surface area contributed by atoms with E-state index in [-0.39, 0.29) is 0 Å². The van der Waals surface area contributed by atoms with Gasteiger partial charge in [-0.3, -0.25) is 4.98 Å². The van der Waals surface area contributed by atoms with Gasteiger partial charge in [-0.05, 0) is 42.9 Å². The molecule has 0 saturated heterocycles. The number of pyridine rings is 1. The van der Waals surface area contributed by atoms with E-state index in [4.69, 9.17) is 21.7 Å². The topological polar surface area (TPSA) is 68.3 Å². The number of nitrogens with one attached hydrogen (secondary N) is 2. The number of hydrogen-bond donors (Lipinski definition) is 2. The van der Waals surface area contributed by atoms with E-state index in [1.54, 1.807) is 26.6 Å². The van der Waals surface area contributed by atoms with Gasteiger partial charge >= 0.3 is 0 Å². The predicted molar refractivity (Wildman–Crippen MR) is 113 cm³/mol. The summed E-state index contributed by atoms with van der Waals surface area (Å²) in [6.45, 7) is 0.642. The van der Waals surface area contributed by atoms with E-state index in [9.17, 15) is 0 Å². The Labute approximate surface area is 167 Å². The first-order valence-electron chi connectivity index (χ1n) is 8.32. The second kappa shape index (κ2) is 9.29. The number of ether oxygens (including phenoxy) is 2. The molecule has 27 heavy (non-hydrogen) atoms. The van der Waals surface area contributed by atoms with Crippen molar-refractivity contribution in [3.63, 3.8) is 0 Å². The fourth-order valence-corrected chi connectivity index (χ4v) is 3.58. The van der Waals surface area contributed by atoms with E-state index in [0.717, 1.165) is 33.5 Å². The molecule has 140 valence electrons. The van der Waals surface area contributed by atoms with Gasteiger partial charge in [0.25, 0.3) is 0 Å². The standard InChI is InChI=1S/C19H20N4O2S2/c1-24-16-6-3-7-17(25-2)14(16)8-10-21-18(26)23-19-22-15(12-27-19)13-5-4-9-20-11-13/h3-7,9,11-12H,8,10H2,1-2H3,(H2,21,22,23,26). The summed E-state index contributed by atoms with van der Waals surface area (Å²) in [5, 5.41) is 9.55. The van der Waals surface area contributed by atoms with E-state index in [1.165, 1.54) is 11.3 Å². The fourth-order valence-electron chi connectivity index (χ4n) is 2.59. The SMILES string of the molecule is COc1cccc(OC)c1CCNC(=S)Nc1nc(-c2cccnc2)cs1. The van der Waals surface area contributed by atoms with Gasteiger partial charge in [-0.25, -0.2) is 4.98 Å². The Morgan fingerprint density at radius 1 is 1.15 bits per heavy atom. The maximum absolute atomic E-state index is 5.42. The van der Waals surface area contributed by atoms with Crippen molar-refractivity contribution in [1.29, 1.82) is 0 Å². The summed E-state index contributed by atoms with van der Waals surface area (Å²) >= 11 is 6.87. The molecule has 0 saturated carbocycles. The van der Waals surface area contributed by atoms with Crippen molar-refractivity contribution in [2.75, 3.05) is 26.1 Å². The van der Waals surface area contributed by atoms with Crippen molar-refractivity contribution in [1.82, 2.24) is 15.3 Å². The average molecular weight is 401 g/mol. The van der Waals surface area contributed by atoms with E-state index >= 15 is 0 Å². The number of aromatic nitrogens is 2. The summed E-state index contributed by atoms with van der Waals surface area (Å²) in [7, 11) is 3.31. The van der Waals surface area contributed by atoms with Crippen LogP contribution in [-0.2, 0) is 6.42 Å². The first-order valence-corrected chi connectivity index (χ1v) is 9.60. The van der Waals surface area contributed by atoms with Crippen LogP contribution in [0, 0.1) is 0 Å². The van der Waals surface area contributed by atoms with Crippen LogP contribution in [0.15, 0.2) is 48.1 Å². The normalized spacial score (nSPS) is 10.3. The number of nitrogens with zero attached hydrogens (tertiary/aromatic N) is 2. The minimum absolute atomic E-state index is 0.524. The van der Waals surface area contributed by atoms with Crippen LogP contribution >= 0.6 is 23.6 Å². The van der Waals surface area contributed by atoms with Crippen LogP contribution < -0.4 is 20.1 Å². The van der Waals surface area contributed by atoms with Gasteiger partial charge in [-0.1, -0.05) is 6.07 Å². The Kier molecular flexibility index (Phi) is 6.56. The molecule has 0 aliphatic carbocycles. The second-order valence-electron chi connectivity index (χ2n) is 5.55. The quantitative estimate of drug-likeness (QED) is 0.586. The van der Waals surface area contributed by atoms with Gasteiger partial charge in [0.2, 0.25) is 0 Å². The molecule has 0 amide bonds. The second-order valence-corrected chi connectivity index (χ2v) is 6.82. The smallest absolute Gasteiger partial charge is 0.189 e. The lowest BCUT2D eigenvalue weighted by Crippen LogP contribution is -2.30. The van der Waals surface area contributed by atoms with Crippen LogP contribution in [0.5, 0.6) is 11.5 Å². The van der Waals surface area contributed by atoms with E-state index < -0.39 is 0 Å². The summed E-state index contributed by atoms with van der Waals surface area (Å²) in [6.07, 6.45) is 4.24. The van der Waals surface area contributed by atoms with Crippen molar-refractivity contribution >= 4 is 33.8 Å². The summed E-state index contributed by atoms with van der Waals surface area (Å²) in [5.41, 5.74) is 2.85. The maximum Gasteiger partial charge on any atom is 0.189 e. The van der Waals surface area contributed by atoms with Crippen LogP contribution in [0.3, 0.4) is 0 Å². The van der Waals surface area contributed by atoms with Crippen LogP contribution in [0.25, 0.3) is 11.3 Å². The fraction of sp³-hybridized carbons (Fsp3) is 0.211. The molecular weight excluding hydrogens is 380 g/mol. The summed E-state index contributed by atoms with van der Waals surface area (Å²) in [4.78, 5) is 8.66. The largest absolute Gasteiger partial charge is 0.496 e. The molecule has 2 N–H and O–H groups in total. The zero-order valence-electron chi connectivity index (χ0n) is 15.1. The minimum Gasteiger partial charge on any atom is -0.496 e. The molecule has 0 radical (unpaired) electrons. The van der Waals surface area contributed by atoms with E-state index in [1.807, 2.05) is 35.7 Å². The lowest BCUT2D eigenvalue weighted by Gasteiger charge is -2.14. The minimum atomic E-state index is 0.524. The number of thiazole rings is 1. The van der Waals surface area contributed by atoms with Crippen molar-refractivity contribution in [2.24, 2.45) is 0 Å². The average Bonchev–Trinajstić information content (AvgIpc) is 3.17. The van der Waals surface area contributed by atoms with Gasteiger partial charge in [0.1, 0.15) is 11.5 Å². The Bertz CT molecular complexity index is 877. The zero-order chi connectivity index (χ0) is 19.1. The van der Waals surface area contributed by atoms with Gasteiger partial charge in [0.15, 0.2) is 10.2 Å². The first kappa shape index (κ1) is 19.1. The molecule has 0 atom stereocenters. The first-order chi connectivity index (χ1) is 13.2. The molecule has 3 rings (SSSR count). The third-order valence-corrected chi connectivity index (χ3v) is 4.88. The van der Waals surface area contributed by atoms with Crippen molar-refractivity contribution in [2.45, 2.75) is 6.42 Å². The number of hydrogen-bond acceptors (Lipinski definition) is 6. The van der Waals surface area contributed by atoms with Gasteiger partial charge in [0.05, 0.1) is 19.9 Å². The lowest BCUT2D eigenvalue weighted by molar-refractivity contribution is 0.385. The molecule has 0 aliphatic rings. The molecule has 0 spiro atoms. The monoisotopic (exact) mass is 400 g/mol. The highest BCUT2D eigenvalue weighted by atomic mass is 32.1. The molecule has 8 heteroatoms. The molecule has 1 aromatic carbocycles. The number of benzene rings is 1. The number of thiocarbonyl (C=S) groups is 1. The highest BCUT2D eigenvalue weighted by molar-refractivity contribution is 7.80. The van der Waals surface area contributed by atoms with Gasteiger partial charge in [-0.2, -0.15) is 0 Å². The Morgan fingerprint density at radius 2 is 1.93 bits per heavy atom. The molecule has 0 bridgehead atoms. The molecule has 3 aromatic rings. The van der Waals surface area contributed by atoms with Gasteiger partial charge in [-0.15, -0.1) is 11.3 Å². The predicted octanol–water partition coefficient (Wildman–Crippen LogP) is 3.75. The van der Waals surface area contributed by atoms with Crippen LogP contribution in [0.1, 0.15) is 5.56 Å². The Balaban J connectivity index is 1.55. The summed E-state index contributed by atoms with van der Waals surface area (Å²) < 4.78 is 10.8. The van der Waals surface area contributed by atoms with Crippen LogP contribution in [0.2, 0.25) is 0 Å². The Hall–Kier alpha value is -2.71. The molecule has 2 aromatic heterocycles. The summed E-state index contributed by atoms with van der Waals surface area (Å²) in [5.74, 6) is 1.60. The van der Waals surface area contributed by atoms with Crippen LogP contribution in [-0.4, -0.2) is 35.8 Å². The molecule has 2 heterocycles. The highest BCUT2D eigenvalue weighted by Crippen LogP contribution is 2.28. The van der Waals surface area contributed by atoms with Crippen molar-refractivity contribution < 1.29 is 9.47 Å². The highest BCUT2D eigenvalue weighted by Gasteiger charge is 2.10. The summed E-state index contributed by atoms with van der Waals surface area (Å²) in [6, 6.07) is 9.61. The number of rotatable bonds is 7. The maximum atomic E-state index is 5.42. The molecule has 0 aliphatic heterocycles. The Morgan fingerprint density at radius 3 is 2.59 bits per heavy atom. The molecule has 0 fully saturated rings. The molecule has 0 unspecified atom stereocenters. The number of methoxy groups -OCH3 is 2.